The summed E-state index contributed by atoms with van der Waals surface area (Å²) < 4.78 is 9.25. The number of H-pyrrole nitrogens is 1. The molecule has 1 spiro atoms. The summed E-state index contributed by atoms with van der Waals surface area (Å²) in [6.07, 6.45) is 7.93. The third-order valence-electron chi connectivity index (χ3n) is 8.93. The molecular formula is C29H33ClN6O2. The predicted octanol–water partition coefficient (Wildman–Crippen LogP) is 4.43. The molecule has 2 saturated heterocycles. The summed E-state index contributed by atoms with van der Waals surface area (Å²) in [5.74, 6) is 1.66. The summed E-state index contributed by atoms with van der Waals surface area (Å²) >= 11 is 6.77. The Morgan fingerprint density at radius 2 is 2.08 bits per heavy atom. The number of ether oxygens (including phenoxy) is 1. The molecule has 1 saturated carbocycles. The molecule has 4 aromatic rings. The lowest BCUT2D eigenvalue weighted by atomic mass is 9.49. The minimum absolute atomic E-state index is 0.0926. The van der Waals surface area contributed by atoms with Crippen LogP contribution in [0.3, 0.4) is 0 Å². The van der Waals surface area contributed by atoms with Crippen LogP contribution in [0.25, 0.3) is 16.6 Å². The van der Waals surface area contributed by atoms with Crippen molar-refractivity contribution in [3.8, 4) is 5.69 Å². The van der Waals surface area contributed by atoms with Crippen LogP contribution < -0.4 is 5.56 Å². The van der Waals surface area contributed by atoms with Gasteiger partial charge < -0.3 is 14.3 Å². The van der Waals surface area contributed by atoms with Gasteiger partial charge in [0.25, 0.3) is 5.56 Å². The van der Waals surface area contributed by atoms with Crippen LogP contribution >= 0.6 is 11.6 Å². The van der Waals surface area contributed by atoms with Crippen LogP contribution in [-0.4, -0.2) is 55.5 Å². The van der Waals surface area contributed by atoms with Crippen molar-refractivity contribution >= 4 is 22.5 Å². The first-order valence-electron chi connectivity index (χ1n) is 13.5. The molecular weight excluding hydrogens is 500 g/mol. The lowest BCUT2D eigenvalue weighted by molar-refractivity contribution is -0.182. The zero-order valence-electron chi connectivity index (χ0n) is 21.9. The molecule has 1 aromatic carbocycles. The summed E-state index contributed by atoms with van der Waals surface area (Å²) in [6, 6.07) is 10.3. The molecule has 3 aromatic heterocycles. The van der Waals surface area contributed by atoms with Gasteiger partial charge in [-0.1, -0.05) is 30.7 Å². The molecule has 7 rings (SSSR count). The van der Waals surface area contributed by atoms with Crippen molar-refractivity contribution in [2.24, 2.45) is 18.4 Å². The number of rotatable bonds is 5. The molecule has 1 N–H and O–H groups in total. The number of benzene rings is 1. The van der Waals surface area contributed by atoms with Crippen LogP contribution in [0.15, 0.2) is 47.7 Å². The fraction of sp³-hybridized carbons (Fsp3) is 0.483. The number of fused-ring (bicyclic) bond motifs is 1. The van der Waals surface area contributed by atoms with Crippen molar-refractivity contribution in [3.05, 3.63) is 75.3 Å². The zero-order valence-corrected chi connectivity index (χ0v) is 22.7. The van der Waals surface area contributed by atoms with Crippen molar-refractivity contribution in [3.63, 3.8) is 0 Å². The third-order valence-corrected chi connectivity index (χ3v) is 9.23. The fourth-order valence-corrected chi connectivity index (χ4v) is 7.41. The molecule has 1 aliphatic carbocycles. The molecule has 2 aliphatic heterocycles. The lowest BCUT2D eigenvalue weighted by Crippen LogP contribution is -2.60. The number of nitrogens with one attached hydrogen (secondary N) is 1. The topological polar surface area (TPSA) is 81.0 Å². The third kappa shape index (κ3) is 3.76. The van der Waals surface area contributed by atoms with E-state index in [1.807, 2.05) is 29.8 Å². The van der Waals surface area contributed by atoms with E-state index in [9.17, 15) is 4.79 Å². The summed E-state index contributed by atoms with van der Waals surface area (Å²) in [5, 5.41) is 10.0. The van der Waals surface area contributed by atoms with Crippen LogP contribution in [0.4, 0.5) is 0 Å². The standard InChI is InChI=1S/C29H33ClN6O2/c1-19-5-4-8-35(11-19)12-21-10-23-24(30)13-36(26(37)25(23)32-21)22-7-3-6-20(9-22)29(27-33-31-18-34(27)2)14-28(15-29)16-38-17-28/h3,6-7,9-10,13,18-19,32H,4-5,8,11-12,14-17H2,1-2H3/t19-/m0/s1. The average Bonchev–Trinajstić information content (AvgIpc) is 3.47. The highest BCUT2D eigenvalue weighted by molar-refractivity contribution is 6.35. The number of hydrogen-bond acceptors (Lipinski definition) is 5. The maximum atomic E-state index is 13.7. The Bertz CT molecular complexity index is 1570. The van der Waals surface area contributed by atoms with Gasteiger partial charge in [-0.3, -0.25) is 14.3 Å². The van der Waals surface area contributed by atoms with Gasteiger partial charge in [-0.25, -0.2) is 0 Å². The number of piperidine rings is 1. The largest absolute Gasteiger partial charge is 0.380 e. The second-order valence-corrected chi connectivity index (χ2v) is 12.4. The molecule has 5 heterocycles. The van der Waals surface area contributed by atoms with Gasteiger partial charge in [0, 0.05) is 48.5 Å². The first kappa shape index (κ1) is 24.1. The van der Waals surface area contributed by atoms with Crippen molar-refractivity contribution in [2.75, 3.05) is 26.3 Å². The molecule has 0 amide bonds. The normalized spacial score (nSPS) is 22.4. The van der Waals surface area contributed by atoms with Gasteiger partial charge in [0.1, 0.15) is 17.7 Å². The maximum absolute atomic E-state index is 13.7. The Morgan fingerprint density at radius 1 is 1.24 bits per heavy atom. The fourth-order valence-electron chi connectivity index (χ4n) is 7.16. The first-order valence-corrected chi connectivity index (χ1v) is 13.9. The van der Waals surface area contributed by atoms with E-state index in [0.717, 1.165) is 73.8 Å². The van der Waals surface area contributed by atoms with Gasteiger partial charge in [-0.2, -0.15) is 0 Å². The molecule has 38 heavy (non-hydrogen) atoms. The van der Waals surface area contributed by atoms with Crippen LogP contribution in [0.2, 0.25) is 5.02 Å². The molecule has 9 heteroatoms. The molecule has 0 bridgehead atoms. The second kappa shape index (κ2) is 8.79. The highest BCUT2D eigenvalue weighted by Crippen LogP contribution is 2.61. The molecule has 3 aliphatic rings. The highest BCUT2D eigenvalue weighted by atomic mass is 35.5. The SMILES string of the molecule is C[C@H]1CCCN(Cc2cc3c(Cl)cn(-c4cccc(C5(c6nncn6C)CC6(COC6)C5)c4)c(=O)c3[nH]2)C1. The Kier molecular flexibility index (Phi) is 5.58. The van der Waals surface area contributed by atoms with Gasteiger partial charge >= 0.3 is 0 Å². The monoisotopic (exact) mass is 532 g/mol. The van der Waals surface area contributed by atoms with Crippen molar-refractivity contribution in [1.82, 2.24) is 29.2 Å². The number of nitrogens with zero attached hydrogens (tertiary/aromatic N) is 5. The first-order chi connectivity index (χ1) is 18.4. The van der Waals surface area contributed by atoms with E-state index in [0.29, 0.717) is 16.5 Å². The predicted molar refractivity (Wildman–Crippen MR) is 147 cm³/mol. The van der Waals surface area contributed by atoms with E-state index >= 15 is 0 Å². The summed E-state index contributed by atoms with van der Waals surface area (Å²) in [4.78, 5) is 19.6. The Labute approximate surface area is 226 Å². The molecule has 0 unspecified atom stereocenters. The number of likely N-dealkylation sites (tertiary alicyclic amines) is 1. The van der Waals surface area contributed by atoms with E-state index in [-0.39, 0.29) is 16.4 Å². The number of aryl methyl sites for hydroxylation is 1. The maximum Gasteiger partial charge on any atom is 0.279 e. The minimum atomic E-state index is -0.256. The molecule has 198 valence electrons. The number of hydrogen-bond donors (Lipinski definition) is 1. The quantitative estimate of drug-likeness (QED) is 0.411. The molecule has 0 radical (unpaired) electrons. The van der Waals surface area contributed by atoms with Gasteiger partial charge in [0.05, 0.1) is 23.7 Å². The smallest absolute Gasteiger partial charge is 0.279 e. The number of halogens is 1. The second-order valence-electron chi connectivity index (χ2n) is 12.0. The van der Waals surface area contributed by atoms with Gasteiger partial charge in [0.15, 0.2) is 0 Å². The van der Waals surface area contributed by atoms with Crippen LogP contribution in [0.1, 0.15) is 49.7 Å². The van der Waals surface area contributed by atoms with Crippen molar-refractivity contribution in [1.29, 1.82) is 0 Å². The minimum Gasteiger partial charge on any atom is -0.380 e. The molecule has 1 atom stereocenters. The van der Waals surface area contributed by atoms with Gasteiger partial charge in [-0.05, 0) is 61.9 Å². The van der Waals surface area contributed by atoms with Crippen molar-refractivity contribution in [2.45, 2.75) is 44.6 Å². The van der Waals surface area contributed by atoms with Crippen LogP contribution in [0.5, 0.6) is 0 Å². The average molecular weight is 533 g/mol. The number of pyridine rings is 1. The summed E-state index contributed by atoms with van der Waals surface area (Å²) in [7, 11) is 1.99. The number of aromatic amines is 1. The van der Waals surface area contributed by atoms with Crippen LogP contribution in [0, 0.1) is 11.3 Å². The van der Waals surface area contributed by atoms with Crippen molar-refractivity contribution < 1.29 is 4.74 Å². The van der Waals surface area contributed by atoms with E-state index in [1.165, 1.54) is 12.8 Å². The Balaban J connectivity index is 1.26. The number of aromatic nitrogens is 5. The van der Waals surface area contributed by atoms with Crippen LogP contribution in [-0.2, 0) is 23.7 Å². The Hall–Kier alpha value is -2.94. The van der Waals surface area contributed by atoms with Gasteiger partial charge in [-0.15, -0.1) is 10.2 Å². The van der Waals surface area contributed by atoms with Gasteiger partial charge in [0.2, 0.25) is 0 Å². The zero-order chi connectivity index (χ0) is 26.1. The summed E-state index contributed by atoms with van der Waals surface area (Å²) in [6.45, 7) is 6.87. The summed E-state index contributed by atoms with van der Waals surface area (Å²) in [5.41, 5.74) is 3.39. The molecule has 3 fully saturated rings. The lowest BCUT2D eigenvalue weighted by Gasteiger charge is -2.59. The van der Waals surface area contributed by atoms with E-state index in [4.69, 9.17) is 16.3 Å². The highest BCUT2D eigenvalue weighted by Gasteiger charge is 2.61. The van der Waals surface area contributed by atoms with E-state index in [2.05, 4.69) is 39.1 Å². The Morgan fingerprint density at radius 3 is 2.79 bits per heavy atom. The van der Waals surface area contributed by atoms with E-state index < -0.39 is 0 Å². The van der Waals surface area contributed by atoms with E-state index in [1.54, 1.807) is 17.1 Å². The molecule has 8 nitrogen and oxygen atoms in total.